The first-order chi connectivity index (χ1) is 26.0. The van der Waals surface area contributed by atoms with Crippen LogP contribution < -0.4 is 4.74 Å². The Kier molecular flexibility index (Phi) is 11.5. The van der Waals surface area contributed by atoms with Gasteiger partial charge in [-0.2, -0.15) is 0 Å². The quantitative estimate of drug-likeness (QED) is 0.127. The van der Waals surface area contributed by atoms with Crippen LogP contribution in [0.15, 0.2) is 120 Å². The largest absolute Gasteiger partial charge is 0.469 e. The molecule has 11 nitrogen and oxygen atoms in total. The Balaban J connectivity index is 1.22. The molecule has 1 aliphatic heterocycles. The van der Waals surface area contributed by atoms with Crippen molar-refractivity contribution in [2.75, 3.05) is 59.5 Å². The second-order valence-electron chi connectivity index (χ2n) is 13.2. The normalized spacial score (nSPS) is 13.2. The summed E-state index contributed by atoms with van der Waals surface area (Å²) in [5, 5.41) is 0. The summed E-state index contributed by atoms with van der Waals surface area (Å²) in [6.07, 6.45) is 4.57. The number of imidazole rings is 1. The van der Waals surface area contributed by atoms with E-state index in [2.05, 4.69) is 17.0 Å². The van der Waals surface area contributed by atoms with Crippen LogP contribution in [-0.2, 0) is 17.6 Å². The number of fused-ring (bicyclic) bond motifs is 1. The highest BCUT2D eigenvalue weighted by Crippen LogP contribution is 2.30. The predicted octanol–water partition coefficient (Wildman–Crippen LogP) is 6.47. The van der Waals surface area contributed by atoms with E-state index in [0.29, 0.717) is 67.7 Å². The molecular formula is C42H44N6O5. The number of carbonyl (C=O) groups excluding carboxylic acids is 2. The minimum absolute atomic E-state index is 0.110. The van der Waals surface area contributed by atoms with Crippen molar-refractivity contribution in [2.45, 2.75) is 19.3 Å². The molecule has 0 aliphatic carbocycles. The lowest BCUT2D eigenvalue weighted by atomic mass is 10.1. The average molecular weight is 713 g/mol. The van der Waals surface area contributed by atoms with Gasteiger partial charge in [0.25, 0.3) is 5.91 Å². The number of amides is 2. The van der Waals surface area contributed by atoms with Gasteiger partial charge in [0.2, 0.25) is 5.88 Å². The Morgan fingerprint density at radius 2 is 1.51 bits per heavy atom. The summed E-state index contributed by atoms with van der Waals surface area (Å²) in [7, 11) is 1.75. The molecule has 0 N–H and O–H groups in total. The molecule has 11 heteroatoms. The Bertz CT molecular complexity index is 2080. The van der Waals surface area contributed by atoms with E-state index in [1.54, 1.807) is 35.2 Å². The van der Waals surface area contributed by atoms with Crippen LogP contribution >= 0.6 is 0 Å². The summed E-state index contributed by atoms with van der Waals surface area (Å²) in [5.41, 5.74) is 5.25. The zero-order chi connectivity index (χ0) is 36.4. The molecule has 0 bridgehead atoms. The maximum absolute atomic E-state index is 14.4. The van der Waals surface area contributed by atoms with Crippen molar-refractivity contribution < 1.29 is 23.5 Å². The number of furan rings is 1. The molecule has 1 fully saturated rings. The summed E-state index contributed by atoms with van der Waals surface area (Å²) in [6.45, 7) is 5.02. The maximum atomic E-state index is 14.4. The summed E-state index contributed by atoms with van der Waals surface area (Å²) < 4.78 is 19.5. The first-order valence-electron chi connectivity index (χ1n) is 18.1. The minimum atomic E-state index is -0.516. The van der Waals surface area contributed by atoms with Crippen LogP contribution in [0.2, 0.25) is 0 Å². The molecule has 53 heavy (non-hydrogen) atoms. The molecule has 1 aliphatic rings. The van der Waals surface area contributed by atoms with Crippen LogP contribution in [0.4, 0.5) is 4.79 Å². The van der Waals surface area contributed by atoms with Gasteiger partial charge in [-0.15, -0.1) is 0 Å². The molecule has 0 radical (unpaired) electrons. The Hall–Kier alpha value is -5.78. The van der Waals surface area contributed by atoms with E-state index < -0.39 is 6.09 Å². The third-order valence-electron chi connectivity index (χ3n) is 9.43. The predicted molar refractivity (Wildman–Crippen MR) is 202 cm³/mol. The number of nitrogens with zero attached hydrogens (tertiary/aromatic N) is 6. The fourth-order valence-corrected chi connectivity index (χ4v) is 6.52. The van der Waals surface area contributed by atoms with Crippen molar-refractivity contribution in [2.24, 2.45) is 0 Å². The number of hydrogen-bond acceptors (Lipinski definition) is 8. The van der Waals surface area contributed by atoms with Crippen LogP contribution in [-0.4, -0.2) is 101 Å². The van der Waals surface area contributed by atoms with Crippen molar-refractivity contribution in [3.05, 3.63) is 144 Å². The molecule has 6 aromatic rings. The maximum Gasteiger partial charge on any atom is 0.416 e. The first-order valence-corrected chi connectivity index (χ1v) is 18.1. The lowest BCUT2D eigenvalue weighted by Crippen LogP contribution is -2.43. The molecule has 4 heterocycles. The third-order valence-corrected chi connectivity index (χ3v) is 9.43. The average Bonchev–Trinajstić information content (AvgIpc) is 3.85. The monoisotopic (exact) mass is 712 g/mol. The van der Waals surface area contributed by atoms with Crippen LogP contribution in [0, 0.1) is 0 Å². The number of aromatic nitrogens is 3. The van der Waals surface area contributed by atoms with E-state index in [0.717, 1.165) is 48.6 Å². The Labute approximate surface area is 309 Å². The van der Waals surface area contributed by atoms with Crippen molar-refractivity contribution in [3.63, 3.8) is 0 Å². The molecule has 0 unspecified atom stereocenters. The van der Waals surface area contributed by atoms with Crippen LogP contribution in [0.1, 0.15) is 39.5 Å². The zero-order valence-corrected chi connectivity index (χ0v) is 30.0. The fourth-order valence-electron chi connectivity index (χ4n) is 6.52. The number of carbonyl (C=O) groups is 2. The molecule has 0 saturated carbocycles. The third kappa shape index (κ3) is 9.00. The van der Waals surface area contributed by atoms with Gasteiger partial charge in [0, 0.05) is 70.1 Å². The number of morpholine rings is 1. The van der Waals surface area contributed by atoms with Crippen LogP contribution in [0.25, 0.3) is 16.9 Å². The molecule has 3 aromatic carbocycles. The molecule has 2 amide bonds. The van der Waals surface area contributed by atoms with Crippen LogP contribution in [0.5, 0.6) is 5.88 Å². The van der Waals surface area contributed by atoms with Crippen molar-refractivity contribution in [1.29, 1.82) is 0 Å². The summed E-state index contributed by atoms with van der Waals surface area (Å²) in [6, 6.07) is 32.9. The van der Waals surface area contributed by atoms with Gasteiger partial charge in [-0.3, -0.25) is 14.1 Å². The molecule has 3 aromatic heterocycles. The van der Waals surface area contributed by atoms with E-state index >= 15 is 0 Å². The second kappa shape index (κ2) is 17.2. The molecule has 7 rings (SSSR count). The lowest BCUT2D eigenvalue weighted by Gasteiger charge is -2.29. The number of likely N-dealkylation sites (N-methyl/N-ethyl adjacent to an activating group) is 1. The minimum Gasteiger partial charge on any atom is -0.469 e. The topological polar surface area (TPSA) is 106 Å². The Morgan fingerprint density at radius 3 is 2.23 bits per heavy atom. The molecular weight excluding hydrogens is 668 g/mol. The van der Waals surface area contributed by atoms with Gasteiger partial charge in [-0.05, 0) is 36.2 Å². The fraction of sp³-hybridized carbons (Fsp3) is 0.286. The number of ether oxygens (including phenoxy) is 2. The lowest BCUT2D eigenvalue weighted by molar-refractivity contribution is 0.0361. The molecule has 272 valence electrons. The van der Waals surface area contributed by atoms with E-state index in [1.165, 1.54) is 0 Å². The molecule has 0 atom stereocenters. The van der Waals surface area contributed by atoms with Crippen molar-refractivity contribution in [3.8, 4) is 17.1 Å². The summed E-state index contributed by atoms with van der Waals surface area (Å²) in [5.74, 6) is 0.888. The number of benzene rings is 3. The molecule has 0 spiro atoms. The van der Waals surface area contributed by atoms with E-state index in [4.69, 9.17) is 23.9 Å². The molecule has 1 saturated heterocycles. The van der Waals surface area contributed by atoms with Gasteiger partial charge in [0.1, 0.15) is 11.5 Å². The van der Waals surface area contributed by atoms with Gasteiger partial charge in [0.15, 0.2) is 5.65 Å². The SMILES string of the molecule is CN(CCN(CCCN1CCOCC1)C(=O)Oc1c(Cc2ccco2)nc2c(Cc3ccccc3)nc(-c3ccccc3)cn12)C(=O)c1ccccc1. The number of rotatable bonds is 14. The Morgan fingerprint density at radius 1 is 0.792 bits per heavy atom. The highest BCUT2D eigenvalue weighted by Gasteiger charge is 2.26. The van der Waals surface area contributed by atoms with Gasteiger partial charge >= 0.3 is 6.09 Å². The van der Waals surface area contributed by atoms with E-state index in [9.17, 15) is 9.59 Å². The van der Waals surface area contributed by atoms with Crippen LogP contribution in [0.3, 0.4) is 0 Å². The first kappa shape index (κ1) is 35.6. The zero-order valence-electron chi connectivity index (χ0n) is 30.0. The standard InChI is InChI=1S/C42H44N6O5/c1-45(40(49)34-17-9-4-10-18-34)22-23-47(21-12-20-46-24-27-51-28-25-46)42(50)53-41-37(30-35-19-11-26-52-35)44-39-36(29-32-13-5-2-6-14-32)43-38(31-48(39)41)33-15-7-3-8-16-33/h2-11,13-19,26,31H,12,20-25,27-30H2,1H3. The second-order valence-corrected chi connectivity index (χ2v) is 13.2. The van der Waals surface area contributed by atoms with E-state index in [-0.39, 0.29) is 12.5 Å². The summed E-state index contributed by atoms with van der Waals surface area (Å²) in [4.78, 5) is 43.4. The smallest absolute Gasteiger partial charge is 0.416 e. The van der Waals surface area contributed by atoms with Gasteiger partial charge in [0.05, 0.1) is 37.3 Å². The summed E-state index contributed by atoms with van der Waals surface area (Å²) >= 11 is 0. The van der Waals surface area contributed by atoms with Gasteiger partial charge in [-0.1, -0.05) is 78.9 Å². The highest BCUT2D eigenvalue weighted by molar-refractivity contribution is 5.94. The van der Waals surface area contributed by atoms with Crippen molar-refractivity contribution >= 4 is 17.6 Å². The van der Waals surface area contributed by atoms with Gasteiger partial charge in [-0.25, -0.2) is 14.8 Å². The van der Waals surface area contributed by atoms with E-state index in [1.807, 2.05) is 89.5 Å². The highest BCUT2D eigenvalue weighted by atomic mass is 16.6. The van der Waals surface area contributed by atoms with Crippen molar-refractivity contribution in [1.82, 2.24) is 29.1 Å². The van der Waals surface area contributed by atoms with Gasteiger partial charge < -0.3 is 23.7 Å². The number of hydrogen-bond donors (Lipinski definition) is 0.